The van der Waals surface area contributed by atoms with Crippen molar-refractivity contribution < 1.29 is 18.8 Å². The van der Waals surface area contributed by atoms with Gasteiger partial charge in [-0.2, -0.15) is 0 Å². The summed E-state index contributed by atoms with van der Waals surface area (Å²) in [5.74, 6) is -0.0408. The van der Waals surface area contributed by atoms with E-state index >= 15 is 0 Å². The fourth-order valence-electron chi connectivity index (χ4n) is 2.30. The summed E-state index contributed by atoms with van der Waals surface area (Å²) in [5, 5.41) is 5.19. The highest BCUT2D eigenvalue weighted by Gasteiger charge is 2.28. The van der Waals surface area contributed by atoms with Crippen LogP contribution in [0.4, 0.5) is 10.5 Å². The molecule has 1 saturated heterocycles. The minimum absolute atomic E-state index is 0.0168. The smallest absolute Gasteiger partial charge is 0.324 e. The molecule has 0 aliphatic carbocycles. The number of benzene rings is 1. The Bertz CT molecular complexity index is 843. The highest BCUT2D eigenvalue weighted by atomic mass is 79.9. The van der Waals surface area contributed by atoms with Crippen LogP contribution in [0.5, 0.6) is 0 Å². The van der Waals surface area contributed by atoms with Crippen molar-refractivity contribution in [3.05, 3.63) is 58.5 Å². The van der Waals surface area contributed by atoms with Gasteiger partial charge in [0.1, 0.15) is 5.76 Å². The topological polar surface area (TPSA) is 91.7 Å². The maximum Gasteiger partial charge on any atom is 0.324 e. The highest BCUT2D eigenvalue weighted by molar-refractivity contribution is 9.10. The van der Waals surface area contributed by atoms with Crippen molar-refractivity contribution in [2.75, 3.05) is 11.9 Å². The molecule has 8 heteroatoms. The molecule has 1 aromatic carbocycles. The average molecular weight is 404 g/mol. The van der Waals surface area contributed by atoms with Crippen molar-refractivity contribution in [2.24, 2.45) is 0 Å². The van der Waals surface area contributed by atoms with E-state index in [9.17, 15) is 14.4 Å². The SMILES string of the molecule is O=C(C=Cc1ccc(Br)o1)Nc1cccc(CN2C(=O)CNC2=O)c1. The predicted molar refractivity (Wildman–Crippen MR) is 94.5 cm³/mol. The Labute approximate surface area is 151 Å². The molecule has 0 spiro atoms. The lowest BCUT2D eigenvalue weighted by Crippen LogP contribution is -2.30. The normalized spacial score (nSPS) is 14.2. The maximum atomic E-state index is 12.0. The molecule has 0 bridgehead atoms. The van der Waals surface area contributed by atoms with Crippen molar-refractivity contribution in [3.8, 4) is 0 Å². The van der Waals surface area contributed by atoms with Crippen LogP contribution in [0.15, 0.2) is 51.6 Å². The number of carbonyl (C=O) groups is 3. The monoisotopic (exact) mass is 403 g/mol. The molecule has 1 aromatic heterocycles. The van der Waals surface area contributed by atoms with Crippen LogP contribution in [-0.4, -0.2) is 29.3 Å². The van der Waals surface area contributed by atoms with Crippen LogP contribution >= 0.6 is 15.9 Å². The van der Waals surface area contributed by atoms with Gasteiger partial charge in [0.2, 0.25) is 11.8 Å². The van der Waals surface area contributed by atoms with Gasteiger partial charge >= 0.3 is 6.03 Å². The Kier molecular flexibility index (Phi) is 4.99. The fraction of sp³-hybridized carbons (Fsp3) is 0.118. The zero-order valence-electron chi connectivity index (χ0n) is 13.0. The first-order chi connectivity index (χ1) is 12.0. The van der Waals surface area contributed by atoms with Crippen molar-refractivity contribution in [1.29, 1.82) is 0 Å². The largest absolute Gasteiger partial charge is 0.450 e. The number of furan rings is 1. The van der Waals surface area contributed by atoms with E-state index < -0.39 is 6.03 Å². The van der Waals surface area contributed by atoms with Crippen LogP contribution in [0.2, 0.25) is 0 Å². The summed E-state index contributed by atoms with van der Waals surface area (Å²) in [5.41, 5.74) is 1.31. The van der Waals surface area contributed by atoms with Crippen molar-refractivity contribution >= 4 is 45.5 Å². The molecule has 3 rings (SSSR count). The first-order valence-electron chi connectivity index (χ1n) is 7.43. The summed E-state index contributed by atoms with van der Waals surface area (Å²) in [7, 11) is 0. The van der Waals surface area contributed by atoms with Crippen molar-refractivity contribution in [3.63, 3.8) is 0 Å². The Morgan fingerprint density at radius 2 is 2.16 bits per heavy atom. The zero-order chi connectivity index (χ0) is 17.8. The van der Waals surface area contributed by atoms with Gasteiger partial charge in [-0.25, -0.2) is 4.79 Å². The standard InChI is InChI=1S/C17H14BrN3O4/c18-14-6-4-13(25-14)5-7-15(22)20-12-3-1-2-11(8-12)10-21-16(23)9-19-17(21)24/h1-8H,9-10H2,(H,19,24)(H,20,22). The predicted octanol–water partition coefficient (Wildman–Crippen LogP) is 2.75. The van der Waals surface area contributed by atoms with E-state index in [1.165, 1.54) is 6.08 Å². The average Bonchev–Trinajstić information content (AvgIpc) is 3.13. The van der Waals surface area contributed by atoms with Gasteiger partial charge in [0.25, 0.3) is 0 Å². The third-order valence-corrected chi connectivity index (χ3v) is 3.89. The molecule has 1 fully saturated rings. The summed E-state index contributed by atoms with van der Waals surface area (Å²) in [4.78, 5) is 36.3. The molecular formula is C17H14BrN3O4. The number of halogens is 1. The molecule has 0 radical (unpaired) electrons. The van der Waals surface area contributed by atoms with Gasteiger partial charge in [-0.1, -0.05) is 12.1 Å². The molecular weight excluding hydrogens is 390 g/mol. The van der Waals surface area contributed by atoms with E-state index in [-0.39, 0.29) is 24.9 Å². The van der Waals surface area contributed by atoms with E-state index in [0.29, 0.717) is 16.1 Å². The van der Waals surface area contributed by atoms with E-state index in [4.69, 9.17) is 4.42 Å². The van der Waals surface area contributed by atoms with Gasteiger partial charge in [-0.3, -0.25) is 14.5 Å². The number of rotatable bonds is 5. The van der Waals surface area contributed by atoms with E-state index in [1.54, 1.807) is 42.5 Å². The Balaban J connectivity index is 1.63. The Morgan fingerprint density at radius 3 is 2.84 bits per heavy atom. The Hall–Kier alpha value is -2.87. The minimum atomic E-state index is -0.410. The molecule has 2 aromatic rings. The van der Waals surface area contributed by atoms with Crippen LogP contribution in [0, 0.1) is 0 Å². The second-order valence-corrected chi connectivity index (χ2v) is 6.09. The summed E-state index contributed by atoms with van der Waals surface area (Å²) < 4.78 is 5.86. The maximum absolute atomic E-state index is 12.0. The summed E-state index contributed by atoms with van der Waals surface area (Å²) in [6.45, 7) is 0.174. The molecule has 0 atom stereocenters. The van der Waals surface area contributed by atoms with E-state index in [0.717, 1.165) is 10.5 Å². The van der Waals surface area contributed by atoms with Crippen LogP contribution in [0.3, 0.4) is 0 Å². The molecule has 128 valence electrons. The van der Waals surface area contributed by atoms with Crippen molar-refractivity contribution in [2.45, 2.75) is 6.54 Å². The Morgan fingerprint density at radius 1 is 1.32 bits per heavy atom. The number of hydrogen-bond donors (Lipinski definition) is 2. The molecule has 7 nitrogen and oxygen atoms in total. The summed E-state index contributed by atoms with van der Waals surface area (Å²) in [6.07, 6.45) is 2.91. The second kappa shape index (κ2) is 7.35. The number of hydrogen-bond acceptors (Lipinski definition) is 4. The number of carbonyl (C=O) groups excluding carboxylic acids is 3. The third-order valence-electron chi connectivity index (χ3n) is 3.47. The zero-order valence-corrected chi connectivity index (χ0v) is 14.6. The molecule has 0 saturated carbocycles. The van der Waals surface area contributed by atoms with Crippen LogP contribution in [0.25, 0.3) is 6.08 Å². The van der Waals surface area contributed by atoms with Crippen LogP contribution in [-0.2, 0) is 16.1 Å². The summed E-state index contributed by atoms with van der Waals surface area (Å²) in [6, 6.07) is 10.0. The van der Waals surface area contributed by atoms with Crippen LogP contribution in [0.1, 0.15) is 11.3 Å². The number of nitrogens with one attached hydrogen (secondary N) is 2. The van der Waals surface area contributed by atoms with E-state index in [2.05, 4.69) is 26.6 Å². The van der Waals surface area contributed by atoms with Gasteiger partial charge < -0.3 is 15.1 Å². The molecule has 1 aliphatic rings. The van der Waals surface area contributed by atoms with Gasteiger partial charge in [0.05, 0.1) is 13.1 Å². The molecule has 2 heterocycles. The van der Waals surface area contributed by atoms with Gasteiger partial charge in [0.15, 0.2) is 4.67 Å². The first-order valence-corrected chi connectivity index (χ1v) is 8.22. The number of anilines is 1. The molecule has 4 amide bonds. The second-order valence-electron chi connectivity index (χ2n) is 5.30. The minimum Gasteiger partial charge on any atom is -0.450 e. The quantitative estimate of drug-likeness (QED) is 0.592. The summed E-state index contributed by atoms with van der Waals surface area (Å²) >= 11 is 3.19. The van der Waals surface area contributed by atoms with Gasteiger partial charge in [0, 0.05) is 11.8 Å². The fourth-order valence-corrected chi connectivity index (χ4v) is 2.62. The first kappa shape index (κ1) is 17.0. The number of amides is 4. The highest BCUT2D eigenvalue weighted by Crippen LogP contribution is 2.16. The third kappa shape index (κ3) is 4.36. The van der Waals surface area contributed by atoms with Gasteiger partial charge in [-0.15, -0.1) is 0 Å². The lowest BCUT2D eigenvalue weighted by Gasteiger charge is -2.13. The number of urea groups is 1. The molecule has 25 heavy (non-hydrogen) atoms. The number of nitrogens with zero attached hydrogens (tertiary/aromatic N) is 1. The lowest BCUT2D eigenvalue weighted by molar-refractivity contribution is -0.125. The lowest BCUT2D eigenvalue weighted by atomic mass is 10.2. The van der Waals surface area contributed by atoms with Gasteiger partial charge in [-0.05, 0) is 51.8 Å². The molecule has 1 aliphatic heterocycles. The molecule has 0 unspecified atom stereocenters. The molecule has 2 N–H and O–H groups in total. The van der Waals surface area contributed by atoms with Crippen LogP contribution < -0.4 is 10.6 Å². The number of imide groups is 1. The van der Waals surface area contributed by atoms with Crippen molar-refractivity contribution in [1.82, 2.24) is 10.2 Å². The van der Waals surface area contributed by atoms with E-state index in [1.807, 2.05) is 0 Å².